The molecule has 20 heavy (non-hydrogen) atoms. The van der Waals surface area contributed by atoms with E-state index in [1.807, 2.05) is 6.07 Å². The molecule has 0 unspecified atom stereocenters. The molecule has 1 fully saturated rings. The van der Waals surface area contributed by atoms with Crippen LogP contribution in [-0.2, 0) is 0 Å². The normalized spacial score (nSPS) is 14.9. The standard InChI is InChI=1S/C13H13N5O2/c1-8-12(9(2)20-16-8)13(19)17-6-11(7-17)18-5-10(3-14)4-15-18/h4-5,11H,6-7H2,1-2H3. The summed E-state index contributed by atoms with van der Waals surface area (Å²) in [7, 11) is 0. The molecule has 1 saturated heterocycles. The van der Waals surface area contributed by atoms with Gasteiger partial charge in [-0.15, -0.1) is 0 Å². The van der Waals surface area contributed by atoms with Crippen molar-refractivity contribution in [3.05, 3.63) is 35.0 Å². The molecule has 0 aromatic carbocycles. The first-order chi connectivity index (χ1) is 9.60. The van der Waals surface area contributed by atoms with Gasteiger partial charge < -0.3 is 9.42 Å². The molecule has 1 aliphatic heterocycles. The maximum Gasteiger partial charge on any atom is 0.259 e. The van der Waals surface area contributed by atoms with Crippen molar-refractivity contribution >= 4 is 5.91 Å². The van der Waals surface area contributed by atoms with Gasteiger partial charge in [0, 0.05) is 19.3 Å². The summed E-state index contributed by atoms with van der Waals surface area (Å²) in [5, 5.41) is 16.7. The Morgan fingerprint density at radius 2 is 2.25 bits per heavy atom. The zero-order chi connectivity index (χ0) is 14.3. The first kappa shape index (κ1) is 12.4. The van der Waals surface area contributed by atoms with E-state index in [1.165, 1.54) is 6.20 Å². The lowest BCUT2D eigenvalue weighted by molar-refractivity contribution is 0.0499. The lowest BCUT2D eigenvalue weighted by Gasteiger charge is -2.39. The number of hydrogen-bond acceptors (Lipinski definition) is 5. The number of rotatable bonds is 2. The SMILES string of the molecule is Cc1noc(C)c1C(=O)N1CC(n2cc(C#N)cn2)C1. The Hall–Kier alpha value is -2.62. The second kappa shape index (κ2) is 4.49. The Balaban J connectivity index is 1.69. The summed E-state index contributed by atoms with van der Waals surface area (Å²) in [5.74, 6) is 0.479. The van der Waals surface area contributed by atoms with Crippen molar-refractivity contribution in [2.45, 2.75) is 19.9 Å². The predicted octanol–water partition coefficient (Wildman–Crippen LogP) is 1.06. The molecule has 1 aliphatic rings. The van der Waals surface area contributed by atoms with Gasteiger partial charge in [-0.05, 0) is 13.8 Å². The summed E-state index contributed by atoms with van der Waals surface area (Å²) in [6.07, 6.45) is 3.22. The maximum atomic E-state index is 12.3. The lowest BCUT2D eigenvalue weighted by Crippen LogP contribution is -2.51. The van der Waals surface area contributed by atoms with Gasteiger partial charge in [0.15, 0.2) is 0 Å². The highest BCUT2D eigenvalue weighted by Crippen LogP contribution is 2.25. The van der Waals surface area contributed by atoms with Crippen LogP contribution in [0.15, 0.2) is 16.9 Å². The van der Waals surface area contributed by atoms with Crippen LogP contribution >= 0.6 is 0 Å². The Bertz CT molecular complexity index is 683. The van der Waals surface area contributed by atoms with Gasteiger partial charge in [0.05, 0.1) is 23.5 Å². The molecule has 102 valence electrons. The minimum atomic E-state index is -0.0647. The van der Waals surface area contributed by atoms with Gasteiger partial charge in [-0.1, -0.05) is 5.16 Å². The van der Waals surface area contributed by atoms with Gasteiger partial charge in [0.25, 0.3) is 5.91 Å². The van der Waals surface area contributed by atoms with Crippen LogP contribution in [0.5, 0.6) is 0 Å². The summed E-state index contributed by atoms with van der Waals surface area (Å²) in [5.41, 5.74) is 1.68. The molecule has 0 radical (unpaired) electrons. The molecule has 7 nitrogen and oxygen atoms in total. The molecule has 0 saturated carbocycles. The van der Waals surface area contributed by atoms with Crippen LogP contribution in [0.25, 0.3) is 0 Å². The van der Waals surface area contributed by atoms with Crippen molar-refractivity contribution in [1.82, 2.24) is 19.8 Å². The number of nitriles is 1. The van der Waals surface area contributed by atoms with E-state index in [2.05, 4.69) is 10.3 Å². The largest absolute Gasteiger partial charge is 0.361 e. The quantitative estimate of drug-likeness (QED) is 0.814. The molecule has 0 aliphatic carbocycles. The van der Waals surface area contributed by atoms with Crippen molar-refractivity contribution in [2.24, 2.45) is 0 Å². The Kier molecular flexibility index (Phi) is 2.79. The number of likely N-dealkylation sites (tertiary alicyclic amines) is 1. The van der Waals surface area contributed by atoms with Crippen LogP contribution in [0.4, 0.5) is 0 Å². The average molecular weight is 271 g/mol. The summed E-state index contributed by atoms with van der Waals surface area (Å²) in [6, 6.07) is 2.16. The molecule has 1 amide bonds. The number of hydrogen-bond donors (Lipinski definition) is 0. The van der Waals surface area contributed by atoms with Crippen molar-refractivity contribution in [1.29, 1.82) is 5.26 Å². The maximum absolute atomic E-state index is 12.3. The van der Waals surface area contributed by atoms with Crippen LogP contribution in [-0.4, -0.2) is 38.8 Å². The van der Waals surface area contributed by atoms with E-state index in [4.69, 9.17) is 9.78 Å². The highest BCUT2D eigenvalue weighted by molar-refractivity contribution is 5.96. The van der Waals surface area contributed by atoms with E-state index in [0.29, 0.717) is 35.7 Å². The van der Waals surface area contributed by atoms with Crippen molar-refractivity contribution < 1.29 is 9.32 Å². The minimum Gasteiger partial charge on any atom is -0.361 e. The number of carbonyl (C=O) groups excluding carboxylic acids is 1. The molecule has 3 rings (SSSR count). The van der Waals surface area contributed by atoms with E-state index < -0.39 is 0 Å². The number of aromatic nitrogens is 3. The Morgan fingerprint density at radius 1 is 1.50 bits per heavy atom. The van der Waals surface area contributed by atoms with Gasteiger partial charge in [-0.2, -0.15) is 10.4 Å². The zero-order valence-electron chi connectivity index (χ0n) is 11.2. The third-order valence-electron chi connectivity index (χ3n) is 3.50. The molecule has 0 spiro atoms. The molecule has 2 aromatic heterocycles. The van der Waals surface area contributed by atoms with Crippen molar-refractivity contribution in [2.75, 3.05) is 13.1 Å². The van der Waals surface area contributed by atoms with E-state index in [0.717, 1.165) is 0 Å². The number of amides is 1. The summed E-state index contributed by atoms with van der Waals surface area (Å²) >= 11 is 0. The summed E-state index contributed by atoms with van der Waals surface area (Å²) in [4.78, 5) is 14.0. The van der Waals surface area contributed by atoms with Crippen molar-refractivity contribution in [3.8, 4) is 6.07 Å². The van der Waals surface area contributed by atoms with Crippen LogP contribution in [0.1, 0.15) is 33.4 Å². The van der Waals surface area contributed by atoms with Gasteiger partial charge >= 0.3 is 0 Å². The van der Waals surface area contributed by atoms with Gasteiger partial charge in [0.1, 0.15) is 17.4 Å². The predicted molar refractivity (Wildman–Crippen MR) is 67.9 cm³/mol. The summed E-state index contributed by atoms with van der Waals surface area (Å²) < 4.78 is 6.75. The smallest absolute Gasteiger partial charge is 0.259 e. The van der Waals surface area contributed by atoms with Crippen LogP contribution in [0.3, 0.4) is 0 Å². The second-order valence-corrected chi connectivity index (χ2v) is 4.88. The molecule has 7 heteroatoms. The first-order valence-corrected chi connectivity index (χ1v) is 6.26. The van der Waals surface area contributed by atoms with Crippen molar-refractivity contribution in [3.63, 3.8) is 0 Å². The molecule has 0 N–H and O–H groups in total. The average Bonchev–Trinajstić information content (AvgIpc) is 2.95. The molecular weight excluding hydrogens is 258 g/mol. The third kappa shape index (κ3) is 1.86. The highest BCUT2D eigenvalue weighted by Gasteiger charge is 2.35. The molecule has 0 bridgehead atoms. The molecule has 0 atom stereocenters. The lowest BCUT2D eigenvalue weighted by atomic mass is 10.1. The highest BCUT2D eigenvalue weighted by atomic mass is 16.5. The molecule has 2 aromatic rings. The first-order valence-electron chi connectivity index (χ1n) is 6.26. The summed E-state index contributed by atoms with van der Waals surface area (Å²) in [6.45, 7) is 4.65. The van der Waals surface area contributed by atoms with Crippen LogP contribution in [0, 0.1) is 25.2 Å². The van der Waals surface area contributed by atoms with E-state index in [1.54, 1.807) is 29.6 Å². The fourth-order valence-corrected chi connectivity index (χ4v) is 2.33. The fraction of sp³-hybridized carbons (Fsp3) is 0.385. The Labute approximate surface area is 115 Å². The topological polar surface area (TPSA) is 88.0 Å². The third-order valence-corrected chi connectivity index (χ3v) is 3.50. The van der Waals surface area contributed by atoms with Gasteiger partial charge in [-0.25, -0.2) is 0 Å². The Morgan fingerprint density at radius 3 is 2.80 bits per heavy atom. The van der Waals surface area contributed by atoms with E-state index in [9.17, 15) is 4.79 Å². The number of aryl methyl sites for hydroxylation is 2. The fourth-order valence-electron chi connectivity index (χ4n) is 2.33. The van der Waals surface area contributed by atoms with Gasteiger partial charge in [0.2, 0.25) is 0 Å². The van der Waals surface area contributed by atoms with Gasteiger partial charge in [-0.3, -0.25) is 9.48 Å². The second-order valence-electron chi connectivity index (χ2n) is 4.88. The molecule has 3 heterocycles. The van der Waals surface area contributed by atoms with Crippen LogP contribution < -0.4 is 0 Å². The number of nitrogens with zero attached hydrogens (tertiary/aromatic N) is 5. The van der Waals surface area contributed by atoms with E-state index in [-0.39, 0.29) is 11.9 Å². The number of carbonyl (C=O) groups is 1. The zero-order valence-corrected chi connectivity index (χ0v) is 11.2. The van der Waals surface area contributed by atoms with E-state index >= 15 is 0 Å². The minimum absolute atomic E-state index is 0.0647. The van der Waals surface area contributed by atoms with Crippen LogP contribution in [0.2, 0.25) is 0 Å². The monoisotopic (exact) mass is 271 g/mol. The molecular formula is C13H13N5O2.